The quantitative estimate of drug-likeness (QED) is 0.475. The largest absolute Gasteiger partial charge is 0.496 e. The van der Waals surface area contributed by atoms with Crippen LogP contribution in [0.5, 0.6) is 5.75 Å². The van der Waals surface area contributed by atoms with Crippen LogP contribution in [0.25, 0.3) is 10.8 Å². The Bertz CT molecular complexity index is 1100. The summed E-state index contributed by atoms with van der Waals surface area (Å²) in [5.74, 6) is 0.706. The van der Waals surface area contributed by atoms with Gasteiger partial charge in [0.05, 0.1) is 12.5 Å². The molecule has 4 aromatic rings. The van der Waals surface area contributed by atoms with Gasteiger partial charge in [-0.1, -0.05) is 84.9 Å². The molecule has 0 heterocycles. The normalized spacial score (nSPS) is 11.2. The maximum atomic E-state index is 13.7. The van der Waals surface area contributed by atoms with Gasteiger partial charge in [0.25, 0.3) is 0 Å². The molecule has 1 N–H and O–H groups in total. The lowest BCUT2D eigenvalue weighted by Crippen LogP contribution is -2.38. The van der Waals surface area contributed by atoms with Gasteiger partial charge in [-0.3, -0.25) is 4.79 Å². The molecule has 0 unspecified atom stereocenters. The highest BCUT2D eigenvalue weighted by Gasteiger charge is 2.37. The highest BCUT2D eigenvalue weighted by Crippen LogP contribution is 2.36. The highest BCUT2D eigenvalue weighted by molar-refractivity contribution is 6.08. The third kappa shape index (κ3) is 3.36. The van der Waals surface area contributed by atoms with Crippen LogP contribution in [0.4, 0.5) is 5.69 Å². The van der Waals surface area contributed by atoms with Gasteiger partial charge in [0.2, 0.25) is 5.91 Å². The molecule has 0 bridgehead atoms. The molecule has 1 amide bonds. The Labute approximate surface area is 171 Å². The van der Waals surface area contributed by atoms with Crippen molar-refractivity contribution in [2.45, 2.75) is 12.3 Å². The number of amides is 1. The molecule has 144 valence electrons. The van der Waals surface area contributed by atoms with E-state index >= 15 is 0 Å². The molecule has 29 heavy (non-hydrogen) atoms. The lowest BCUT2D eigenvalue weighted by Gasteiger charge is -2.30. The van der Waals surface area contributed by atoms with Crippen LogP contribution in [0.15, 0.2) is 97.1 Å². The van der Waals surface area contributed by atoms with E-state index < -0.39 is 5.41 Å². The van der Waals surface area contributed by atoms with Gasteiger partial charge in [0.1, 0.15) is 5.75 Å². The molecular formula is C26H23NO2. The van der Waals surface area contributed by atoms with Crippen LogP contribution in [0, 0.1) is 0 Å². The molecule has 4 rings (SSSR count). The second-order valence-electron chi connectivity index (χ2n) is 7.17. The Balaban J connectivity index is 1.81. The van der Waals surface area contributed by atoms with Crippen molar-refractivity contribution in [1.82, 2.24) is 0 Å². The first kappa shape index (κ1) is 18.8. The first-order valence-electron chi connectivity index (χ1n) is 9.63. The SMILES string of the molecule is COc1ccc(NC(=O)C(C)(c2ccccc2)c2ccccc2)c2ccccc12. The van der Waals surface area contributed by atoms with E-state index in [9.17, 15) is 4.79 Å². The third-order valence-corrected chi connectivity index (χ3v) is 5.51. The number of anilines is 1. The number of ether oxygens (including phenoxy) is 1. The molecule has 4 aromatic carbocycles. The number of carbonyl (C=O) groups is 1. The van der Waals surface area contributed by atoms with Gasteiger partial charge in [-0.2, -0.15) is 0 Å². The molecule has 0 aliphatic rings. The Kier molecular flexibility index (Phi) is 5.05. The number of methoxy groups -OCH3 is 1. The van der Waals surface area contributed by atoms with Crippen LogP contribution >= 0.6 is 0 Å². The number of benzene rings is 4. The molecular weight excluding hydrogens is 358 g/mol. The lowest BCUT2D eigenvalue weighted by atomic mass is 9.75. The Hall–Kier alpha value is -3.59. The van der Waals surface area contributed by atoms with Gasteiger partial charge < -0.3 is 10.1 Å². The van der Waals surface area contributed by atoms with Crippen molar-refractivity contribution in [3.8, 4) is 5.75 Å². The molecule has 0 radical (unpaired) electrons. The Morgan fingerprint density at radius 3 is 1.79 bits per heavy atom. The van der Waals surface area contributed by atoms with Crippen molar-refractivity contribution >= 4 is 22.4 Å². The Morgan fingerprint density at radius 2 is 1.24 bits per heavy atom. The molecule has 3 nitrogen and oxygen atoms in total. The van der Waals surface area contributed by atoms with E-state index in [1.54, 1.807) is 7.11 Å². The van der Waals surface area contributed by atoms with Gasteiger partial charge in [0.15, 0.2) is 0 Å². The first-order chi connectivity index (χ1) is 14.1. The smallest absolute Gasteiger partial charge is 0.239 e. The van der Waals surface area contributed by atoms with E-state index in [4.69, 9.17) is 4.74 Å². The van der Waals surface area contributed by atoms with Crippen LogP contribution in [-0.2, 0) is 10.2 Å². The van der Waals surface area contributed by atoms with E-state index in [0.29, 0.717) is 0 Å². The summed E-state index contributed by atoms with van der Waals surface area (Å²) in [7, 11) is 1.65. The molecule has 0 aromatic heterocycles. The minimum absolute atomic E-state index is 0.0785. The van der Waals surface area contributed by atoms with Crippen LogP contribution < -0.4 is 10.1 Å². The summed E-state index contributed by atoms with van der Waals surface area (Å²) in [5.41, 5.74) is 1.83. The van der Waals surface area contributed by atoms with Gasteiger partial charge in [-0.05, 0) is 30.2 Å². The number of carbonyl (C=O) groups excluding carboxylic acids is 1. The number of hydrogen-bond acceptors (Lipinski definition) is 2. The fourth-order valence-electron chi connectivity index (χ4n) is 3.78. The standard InChI is InChI=1S/C26H23NO2/c1-26(19-11-5-3-6-12-19,20-13-7-4-8-14-20)25(28)27-23-17-18-24(29-2)22-16-10-9-15-21(22)23/h3-18H,1-2H3,(H,27,28). The second kappa shape index (κ2) is 7.80. The van der Waals surface area contributed by atoms with Gasteiger partial charge in [-0.25, -0.2) is 0 Å². The van der Waals surface area contributed by atoms with Crippen LogP contribution in [-0.4, -0.2) is 13.0 Å². The molecule has 3 heteroatoms. The fourth-order valence-corrected chi connectivity index (χ4v) is 3.78. The second-order valence-corrected chi connectivity index (χ2v) is 7.17. The average molecular weight is 381 g/mol. The molecule has 0 atom stereocenters. The summed E-state index contributed by atoms with van der Waals surface area (Å²) in [4.78, 5) is 13.7. The summed E-state index contributed by atoms with van der Waals surface area (Å²) in [6.45, 7) is 1.97. The van der Waals surface area contributed by atoms with E-state index in [-0.39, 0.29) is 5.91 Å². The van der Waals surface area contributed by atoms with Gasteiger partial charge in [-0.15, -0.1) is 0 Å². The van der Waals surface area contributed by atoms with E-state index in [1.807, 2.05) is 104 Å². The molecule has 0 saturated carbocycles. The molecule has 0 saturated heterocycles. The van der Waals surface area contributed by atoms with Crippen molar-refractivity contribution in [2.75, 3.05) is 12.4 Å². The van der Waals surface area contributed by atoms with Crippen molar-refractivity contribution in [2.24, 2.45) is 0 Å². The summed E-state index contributed by atoms with van der Waals surface area (Å²) in [5, 5.41) is 5.09. The zero-order valence-electron chi connectivity index (χ0n) is 16.6. The van der Waals surface area contributed by atoms with Gasteiger partial charge in [0, 0.05) is 16.5 Å². The maximum absolute atomic E-state index is 13.7. The highest BCUT2D eigenvalue weighted by atomic mass is 16.5. The van der Waals surface area contributed by atoms with E-state index in [2.05, 4.69) is 5.32 Å². The third-order valence-electron chi connectivity index (χ3n) is 5.51. The number of fused-ring (bicyclic) bond motifs is 1. The number of hydrogen-bond donors (Lipinski definition) is 1. The zero-order chi connectivity index (χ0) is 20.3. The van der Waals surface area contributed by atoms with Crippen LogP contribution in [0.3, 0.4) is 0 Å². The zero-order valence-corrected chi connectivity index (χ0v) is 16.6. The molecule has 0 fully saturated rings. The molecule has 0 aliphatic carbocycles. The Morgan fingerprint density at radius 1 is 0.724 bits per heavy atom. The van der Waals surface area contributed by atoms with Crippen molar-refractivity contribution in [3.63, 3.8) is 0 Å². The lowest BCUT2D eigenvalue weighted by molar-refractivity contribution is -0.119. The number of nitrogens with one attached hydrogen (secondary N) is 1. The summed E-state index contributed by atoms with van der Waals surface area (Å²) < 4.78 is 5.48. The summed E-state index contributed by atoms with van der Waals surface area (Å²) >= 11 is 0. The van der Waals surface area contributed by atoms with E-state index in [0.717, 1.165) is 33.3 Å². The average Bonchev–Trinajstić information content (AvgIpc) is 2.80. The van der Waals surface area contributed by atoms with Gasteiger partial charge >= 0.3 is 0 Å². The fraction of sp³-hybridized carbons (Fsp3) is 0.115. The maximum Gasteiger partial charge on any atom is 0.239 e. The van der Waals surface area contributed by atoms with Crippen LogP contribution in [0.2, 0.25) is 0 Å². The van der Waals surface area contributed by atoms with Crippen molar-refractivity contribution in [1.29, 1.82) is 0 Å². The monoisotopic (exact) mass is 381 g/mol. The predicted octanol–water partition coefficient (Wildman–Crippen LogP) is 5.79. The minimum Gasteiger partial charge on any atom is -0.496 e. The van der Waals surface area contributed by atoms with E-state index in [1.165, 1.54) is 0 Å². The number of rotatable bonds is 5. The summed E-state index contributed by atoms with van der Waals surface area (Å²) in [6.07, 6.45) is 0. The topological polar surface area (TPSA) is 38.3 Å². The van der Waals surface area contributed by atoms with Crippen molar-refractivity contribution < 1.29 is 9.53 Å². The predicted molar refractivity (Wildman–Crippen MR) is 118 cm³/mol. The minimum atomic E-state index is -0.830. The van der Waals surface area contributed by atoms with Crippen LogP contribution in [0.1, 0.15) is 18.1 Å². The first-order valence-corrected chi connectivity index (χ1v) is 9.63. The summed E-state index contributed by atoms with van der Waals surface area (Å²) in [6, 6.07) is 31.5. The molecule has 0 spiro atoms. The molecule has 0 aliphatic heterocycles. The van der Waals surface area contributed by atoms with Crippen molar-refractivity contribution in [3.05, 3.63) is 108 Å².